The van der Waals surface area contributed by atoms with Gasteiger partial charge in [-0.3, -0.25) is 4.79 Å². The fraction of sp³-hybridized carbons (Fsp3) is 0.105. The molecule has 1 atom stereocenters. The second-order valence-electron chi connectivity index (χ2n) is 5.66. The molecule has 2 aromatic heterocycles. The highest BCUT2D eigenvalue weighted by atomic mass is 32.2. The molecule has 2 N–H and O–H groups in total. The van der Waals surface area contributed by atoms with Gasteiger partial charge in [0.05, 0.1) is 18.1 Å². The minimum Gasteiger partial charge on any atom is -0.497 e. The molecule has 4 aromatic rings. The molecule has 6 nitrogen and oxygen atoms in total. The Kier molecular flexibility index (Phi) is 5.08. The van der Waals surface area contributed by atoms with E-state index in [1.807, 2.05) is 53.9 Å². The van der Waals surface area contributed by atoms with Crippen molar-refractivity contribution in [1.29, 1.82) is 0 Å². The zero-order chi connectivity index (χ0) is 18.6. The lowest BCUT2D eigenvalue weighted by Gasteiger charge is -2.14. The normalized spacial score (nSPS) is 12.0. The fourth-order valence-electron chi connectivity index (χ4n) is 2.62. The second kappa shape index (κ2) is 7.81. The van der Waals surface area contributed by atoms with Crippen LogP contribution in [0.3, 0.4) is 0 Å². The molecule has 1 unspecified atom stereocenters. The van der Waals surface area contributed by atoms with Crippen LogP contribution in [0.5, 0.6) is 5.75 Å². The third-order valence-electron chi connectivity index (χ3n) is 3.90. The number of hydrogen-bond donors (Lipinski definition) is 2. The number of benzene rings is 2. The summed E-state index contributed by atoms with van der Waals surface area (Å²) in [5, 5.41) is 5.49. The molecule has 0 aliphatic carbocycles. The van der Waals surface area contributed by atoms with Crippen molar-refractivity contribution in [3.8, 4) is 5.75 Å². The largest absolute Gasteiger partial charge is 0.497 e. The Morgan fingerprint density at radius 1 is 1.26 bits per heavy atom. The van der Waals surface area contributed by atoms with Crippen LogP contribution in [0.25, 0.3) is 11.0 Å². The van der Waals surface area contributed by atoms with E-state index in [1.54, 1.807) is 13.3 Å². The second-order valence-corrected chi connectivity index (χ2v) is 7.65. The molecular formula is C19H16N4O2S2. The quantitative estimate of drug-likeness (QED) is 0.469. The third kappa shape index (κ3) is 3.96. The van der Waals surface area contributed by atoms with Crippen LogP contribution in [-0.2, 0) is 4.79 Å². The molecule has 0 aliphatic rings. The van der Waals surface area contributed by atoms with Crippen molar-refractivity contribution in [2.45, 2.75) is 10.4 Å². The van der Waals surface area contributed by atoms with E-state index in [0.717, 1.165) is 22.3 Å². The Labute approximate surface area is 164 Å². The highest BCUT2D eigenvalue weighted by molar-refractivity contribution is 8.00. The van der Waals surface area contributed by atoms with Crippen LogP contribution in [-0.4, -0.2) is 28.0 Å². The number of nitrogens with one attached hydrogen (secondary N) is 2. The maximum atomic E-state index is 12.9. The SMILES string of the molecule is COc1ccc2nc(SC(C(=O)Nc3nccs3)c3ccccc3)[nH]c2c1. The van der Waals surface area contributed by atoms with Crippen LogP contribution in [0.1, 0.15) is 10.8 Å². The molecule has 0 spiro atoms. The molecule has 27 heavy (non-hydrogen) atoms. The molecule has 4 rings (SSSR count). The lowest BCUT2D eigenvalue weighted by atomic mass is 10.1. The van der Waals surface area contributed by atoms with Crippen molar-refractivity contribution in [3.05, 3.63) is 65.7 Å². The number of rotatable bonds is 6. The topological polar surface area (TPSA) is 79.9 Å². The zero-order valence-electron chi connectivity index (χ0n) is 14.4. The molecule has 0 aliphatic heterocycles. The highest BCUT2D eigenvalue weighted by Crippen LogP contribution is 2.36. The number of methoxy groups -OCH3 is 1. The summed E-state index contributed by atoms with van der Waals surface area (Å²) in [7, 11) is 1.63. The smallest absolute Gasteiger partial charge is 0.244 e. The van der Waals surface area contributed by atoms with E-state index < -0.39 is 5.25 Å². The van der Waals surface area contributed by atoms with Gasteiger partial charge in [-0.15, -0.1) is 11.3 Å². The lowest BCUT2D eigenvalue weighted by molar-refractivity contribution is -0.115. The van der Waals surface area contributed by atoms with Crippen molar-refractivity contribution in [2.24, 2.45) is 0 Å². The molecule has 136 valence electrons. The molecule has 0 saturated carbocycles. The number of aromatic amines is 1. The van der Waals surface area contributed by atoms with Crippen LogP contribution in [0.15, 0.2) is 65.3 Å². The van der Waals surface area contributed by atoms with Gasteiger partial charge in [-0.05, 0) is 17.7 Å². The van der Waals surface area contributed by atoms with Crippen LogP contribution in [0, 0.1) is 0 Å². The van der Waals surface area contributed by atoms with Gasteiger partial charge in [-0.1, -0.05) is 42.1 Å². The number of imidazole rings is 1. The number of H-pyrrole nitrogens is 1. The number of amides is 1. The summed E-state index contributed by atoms with van der Waals surface area (Å²) >= 11 is 2.76. The molecule has 1 amide bonds. The predicted octanol–water partition coefficient (Wildman–Crippen LogP) is 4.50. The minimum absolute atomic E-state index is 0.140. The fourth-order valence-corrected chi connectivity index (χ4v) is 4.15. The number of hydrogen-bond acceptors (Lipinski definition) is 6. The number of carbonyl (C=O) groups is 1. The monoisotopic (exact) mass is 396 g/mol. The lowest BCUT2D eigenvalue weighted by Crippen LogP contribution is -2.19. The minimum atomic E-state index is -0.461. The molecule has 2 aromatic carbocycles. The molecule has 0 saturated heterocycles. The summed E-state index contributed by atoms with van der Waals surface area (Å²) in [5.74, 6) is 0.614. The van der Waals surface area contributed by atoms with Crippen molar-refractivity contribution in [2.75, 3.05) is 12.4 Å². The van der Waals surface area contributed by atoms with Gasteiger partial charge in [0.25, 0.3) is 0 Å². The Bertz CT molecular complexity index is 1050. The number of thioether (sulfide) groups is 1. The Balaban J connectivity index is 1.63. The zero-order valence-corrected chi connectivity index (χ0v) is 16.0. The molecule has 0 bridgehead atoms. The summed E-state index contributed by atoms with van der Waals surface area (Å²) in [6, 6.07) is 15.3. The van der Waals surface area contributed by atoms with E-state index in [-0.39, 0.29) is 5.91 Å². The van der Waals surface area contributed by atoms with Gasteiger partial charge in [0.2, 0.25) is 5.91 Å². The average molecular weight is 396 g/mol. The summed E-state index contributed by atoms with van der Waals surface area (Å²) in [6.45, 7) is 0. The third-order valence-corrected chi connectivity index (χ3v) is 5.73. The maximum absolute atomic E-state index is 12.9. The molecular weight excluding hydrogens is 380 g/mol. The van der Waals surface area contributed by atoms with E-state index in [4.69, 9.17) is 4.74 Å². The Morgan fingerprint density at radius 3 is 2.85 bits per heavy atom. The number of ether oxygens (including phenoxy) is 1. The van der Waals surface area contributed by atoms with Gasteiger partial charge in [-0.2, -0.15) is 0 Å². The Morgan fingerprint density at radius 2 is 2.11 bits per heavy atom. The summed E-state index contributed by atoms with van der Waals surface area (Å²) in [6.07, 6.45) is 1.66. The summed E-state index contributed by atoms with van der Waals surface area (Å²) in [5.41, 5.74) is 2.59. The predicted molar refractivity (Wildman–Crippen MR) is 108 cm³/mol. The first-order valence-electron chi connectivity index (χ1n) is 8.18. The van der Waals surface area contributed by atoms with Crippen molar-refractivity contribution in [3.63, 3.8) is 0 Å². The summed E-state index contributed by atoms with van der Waals surface area (Å²) < 4.78 is 5.25. The number of nitrogens with zero attached hydrogens (tertiary/aromatic N) is 2. The first-order chi connectivity index (χ1) is 13.2. The van der Waals surface area contributed by atoms with Crippen LogP contribution < -0.4 is 10.1 Å². The van der Waals surface area contributed by atoms with Gasteiger partial charge in [0, 0.05) is 17.6 Å². The van der Waals surface area contributed by atoms with E-state index in [0.29, 0.717) is 10.3 Å². The van der Waals surface area contributed by atoms with Gasteiger partial charge in [0.15, 0.2) is 10.3 Å². The maximum Gasteiger partial charge on any atom is 0.244 e. The number of fused-ring (bicyclic) bond motifs is 1. The molecule has 8 heteroatoms. The first-order valence-corrected chi connectivity index (χ1v) is 9.94. The number of thiazole rings is 1. The standard InChI is InChI=1S/C19H16N4O2S2/c1-25-13-7-8-14-15(11-13)22-19(21-14)27-16(12-5-3-2-4-6-12)17(24)23-18-20-9-10-26-18/h2-11,16H,1H3,(H,21,22)(H,20,23,24). The number of anilines is 1. The van der Waals surface area contributed by atoms with Crippen LogP contribution in [0.4, 0.5) is 5.13 Å². The van der Waals surface area contributed by atoms with Gasteiger partial charge < -0.3 is 15.0 Å². The highest BCUT2D eigenvalue weighted by Gasteiger charge is 2.24. The number of aromatic nitrogens is 3. The van der Waals surface area contributed by atoms with E-state index >= 15 is 0 Å². The van der Waals surface area contributed by atoms with E-state index in [9.17, 15) is 4.79 Å². The average Bonchev–Trinajstić information content (AvgIpc) is 3.35. The number of carbonyl (C=O) groups excluding carboxylic acids is 1. The van der Waals surface area contributed by atoms with Gasteiger partial charge in [-0.25, -0.2) is 9.97 Å². The molecule has 2 heterocycles. The van der Waals surface area contributed by atoms with Gasteiger partial charge in [0.1, 0.15) is 11.0 Å². The first kappa shape index (κ1) is 17.6. The van der Waals surface area contributed by atoms with Crippen molar-refractivity contribution in [1.82, 2.24) is 15.0 Å². The molecule has 0 radical (unpaired) electrons. The Hall–Kier alpha value is -2.84. The van der Waals surface area contributed by atoms with E-state index in [1.165, 1.54) is 23.1 Å². The van der Waals surface area contributed by atoms with E-state index in [2.05, 4.69) is 20.3 Å². The van der Waals surface area contributed by atoms with Crippen molar-refractivity contribution >= 4 is 45.2 Å². The summed E-state index contributed by atoms with van der Waals surface area (Å²) in [4.78, 5) is 24.9. The van der Waals surface area contributed by atoms with Crippen LogP contribution >= 0.6 is 23.1 Å². The van der Waals surface area contributed by atoms with Crippen LogP contribution in [0.2, 0.25) is 0 Å². The molecule has 0 fully saturated rings. The van der Waals surface area contributed by atoms with Gasteiger partial charge >= 0.3 is 0 Å². The van der Waals surface area contributed by atoms with Crippen molar-refractivity contribution < 1.29 is 9.53 Å².